The number of carbonyl (C=O) groups is 3. The van der Waals surface area contributed by atoms with E-state index in [-0.39, 0.29) is 23.2 Å². The lowest BCUT2D eigenvalue weighted by atomic mass is 10.1. The minimum atomic E-state index is -0.522. The lowest BCUT2D eigenvalue weighted by Gasteiger charge is -2.07. The number of hydrogen-bond donors (Lipinski definition) is 1. The summed E-state index contributed by atoms with van der Waals surface area (Å²) in [6.45, 7) is 2.84. The number of amides is 1. The summed E-state index contributed by atoms with van der Waals surface area (Å²) in [5.41, 5.74) is 1.43. The Bertz CT molecular complexity index is 787. The van der Waals surface area contributed by atoms with Gasteiger partial charge in [0, 0.05) is 21.7 Å². The van der Waals surface area contributed by atoms with Gasteiger partial charge >= 0.3 is 0 Å². The van der Waals surface area contributed by atoms with E-state index in [1.54, 1.807) is 24.3 Å². The molecule has 0 aromatic heterocycles. The van der Waals surface area contributed by atoms with Crippen LogP contribution in [0.2, 0.25) is 0 Å². The third kappa shape index (κ3) is 4.76. The lowest BCUT2D eigenvalue weighted by Crippen LogP contribution is -2.14. The average molecular weight is 345 g/mol. The van der Waals surface area contributed by atoms with Crippen LogP contribution in [-0.2, 0) is 4.79 Å². The summed E-state index contributed by atoms with van der Waals surface area (Å²) < 4.78 is 13.9. The number of halogens is 1. The van der Waals surface area contributed by atoms with Gasteiger partial charge in [-0.3, -0.25) is 14.4 Å². The zero-order valence-electron chi connectivity index (χ0n) is 13.3. The van der Waals surface area contributed by atoms with Crippen molar-refractivity contribution in [3.05, 3.63) is 59.4 Å². The first-order valence-electron chi connectivity index (χ1n) is 7.21. The van der Waals surface area contributed by atoms with Crippen molar-refractivity contribution < 1.29 is 18.8 Å². The van der Waals surface area contributed by atoms with Crippen LogP contribution in [0.3, 0.4) is 0 Å². The molecule has 0 heterocycles. The molecule has 0 saturated carbocycles. The van der Waals surface area contributed by atoms with Gasteiger partial charge in [0.15, 0.2) is 11.6 Å². The summed E-state index contributed by atoms with van der Waals surface area (Å²) >= 11 is 1.05. The summed E-state index contributed by atoms with van der Waals surface area (Å²) in [6.07, 6.45) is 0. The maximum Gasteiger partial charge on any atom is 0.234 e. The number of ketones is 2. The van der Waals surface area contributed by atoms with Crippen LogP contribution < -0.4 is 5.32 Å². The van der Waals surface area contributed by atoms with Gasteiger partial charge in [-0.2, -0.15) is 0 Å². The molecule has 0 fully saturated rings. The molecule has 6 heteroatoms. The van der Waals surface area contributed by atoms with Crippen LogP contribution in [0.25, 0.3) is 0 Å². The van der Waals surface area contributed by atoms with Crippen LogP contribution in [-0.4, -0.2) is 23.2 Å². The largest absolute Gasteiger partial charge is 0.325 e. The molecule has 0 spiro atoms. The van der Waals surface area contributed by atoms with Gasteiger partial charge in [-0.1, -0.05) is 6.07 Å². The number of Topliss-reactive ketones (excluding diaryl/α,β-unsaturated/α-hetero) is 2. The molecule has 1 N–H and O–H groups in total. The van der Waals surface area contributed by atoms with Crippen molar-refractivity contribution in [3.63, 3.8) is 0 Å². The van der Waals surface area contributed by atoms with E-state index in [9.17, 15) is 18.8 Å². The monoisotopic (exact) mass is 345 g/mol. The van der Waals surface area contributed by atoms with Gasteiger partial charge in [-0.25, -0.2) is 4.39 Å². The van der Waals surface area contributed by atoms with Crippen LogP contribution >= 0.6 is 11.8 Å². The van der Waals surface area contributed by atoms with E-state index in [2.05, 4.69) is 5.32 Å². The highest BCUT2D eigenvalue weighted by atomic mass is 32.2. The van der Waals surface area contributed by atoms with Crippen LogP contribution in [0, 0.1) is 5.82 Å². The molecule has 0 aliphatic heterocycles. The minimum absolute atomic E-state index is 0.0325. The quantitative estimate of drug-likeness (QED) is 0.636. The fourth-order valence-electron chi connectivity index (χ4n) is 1.97. The first kappa shape index (κ1) is 17.9. The van der Waals surface area contributed by atoms with E-state index in [4.69, 9.17) is 0 Å². The molecule has 1 amide bonds. The number of thioether (sulfide) groups is 1. The van der Waals surface area contributed by atoms with Crippen molar-refractivity contribution in [2.24, 2.45) is 0 Å². The summed E-state index contributed by atoms with van der Waals surface area (Å²) in [5.74, 6) is -1.04. The van der Waals surface area contributed by atoms with Gasteiger partial charge in [-0.05, 0) is 50.2 Å². The summed E-state index contributed by atoms with van der Waals surface area (Å²) in [4.78, 5) is 34.6. The summed E-state index contributed by atoms with van der Waals surface area (Å²) in [7, 11) is 0. The number of hydrogen-bond acceptors (Lipinski definition) is 4. The van der Waals surface area contributed by atoms with Gasteiger partial charge in [0.2, 0.25) is 5.91 Å². The highest BCUT2D eigenvalue weighted by Gasteiger charge is 2.10. The second kappa shape index (κ2) is 7.88. The molecule has 2 rings (SSSR count). The molecule has 2 aromatic rings. The van der Waals surface area contributed by atoms with Gasteiger partial charge < -0.3 is 5.32 Å². The lowest BCUT2D eigenvalue weighted by molar-refractivity contribution is -0.113. The highest BCUT2D eigenvalue weighted by Crippen LogP contribution is 2.23. The fourth-order valence-corrected chi connectivity index (χ4v) is 2.69. The molecule has 0 unspecified atom stereocenters. The first-order chi connectivity index (χ1) is 11.4. The van der Waals surface area contributed by atoms with Gasteiger partial charge in [0.1, 0.15) is 5.82 Å². The Morgan fingerprint density at radius 2 is 1.54 bits per heavy atom. The molecule has 0 saturated heterocycles. The second-order valence-corrected chi connectivity index (χ2v) is 6.19. The van der Waals surface area contributed by atoms with Gasteiger partial charge in [0.05, 0.1) is 5.75 Å². The molecule has 0 aliphatic carbocycles. The van der Waals surface area contributed by atoms with E-state index >= 15 is 0 Å². The molecule has 0 atom stereocenters. The zero-order chi connectivity index (χ0) is 17.7. The Hall–Kier alpha value is -2.47. The zero-order valence-corrected chi connectivity index (χ0v) is 14.1. The Labute approximate surface area is 143 Å². The molecule has 4 nitrogen and oxygen atoms in total. The minimum Gasteiger partial charge on any atom is -0.325 e. The number of anilines is 1. The molecule has 124 valence electrons. The maximum absolute atomic E-state index is 13.9. The van der Waals surface area contributed by atoms with E-state index in [1.165, 1.54) is 32.0 Å². The number of rotatable bonds is 6. The van der Waals surface area contributed by atoms with Crippen LogP contribution in [0.1, 0.15) is 34.6 Å². The highest BCUT2D eigenvalue weighted by molar-refractivity contribution is 8.00. The Kier molecular flexibility index (Phi) is 5.87. The van der Waals surface area contributed by atoms with Crippen molar-refractivity contribution in [3.8, 4) is 0 Å². The van der Waals surface area contributed by atoms with Crippen LogP contribution in [0.15, 0.2) is 47.4 Å². The average Bonchev–Trinajstić information content (AvgIpc) is 2.54. The molecule has 0 bridgehead atoms. The molecule has 2 aromatic carbocycles. The number of benzene rings is 2. The maximum atomic E-state index is 13.9. The third-order valence-corrected chi connectivity index (χ3v) is 4.32. The predicted octanol–water partition coefficient (Wildman–Crippen LogP) is 3.96. The van der Waals surface area contributed by atoms with Gasteiger partial charge in [-0.15, -0.1) is 11.8 Å². The van der Waals surface area contributed by atoms with Crippen molar-refractivity contribution in [1.29, 1.82) is 0 Å². The topological polar surface area (TPSA) is 63.2 Å². The van der Waals surface area contributed by atoms with E-state index in [1.807, 2.05) is 0 Å². The Balaban J connectivity index is 1.93. The van der Waals surface area contributed by atoms with Crippen LogP contribution in [0.4, 0.5) is 10.1 Å². The third-order valence-electron chi connectivity index (χ3n) is 3.27. The van der Waals surface area contributed by atoms with Crippen molar-refractivity contribution in [2.45, 2.75) is 18.7 Å². The Morgan fingerprint density at radius 1 is 0.958 bits per heavy atom. The number of carbonyl (C=O) groups excluding carboxylic acids is 3. The molecule has 0 radical (unpaired) electrons. The number of nitrogens with one attached hydrogen (secondary N) is 1. The van der Waals surface area contributed by atoms with Crippen molar-refractivity contribution >= 4 is 34.9 Å². The first-order valence-corrected chi connectivity index (χ1v) is 8.19. The smallest absolute Gasteiger partial charge is 0.234 e. The molecular formula is C18H16FNO3S. The fraction of sp³-hybridized carbons (Fsp3) is 0.167. The molecule has 0 aliphatic rings. The second-order valence-electron chi connectivity index (χ2n) is 5.17. The Morgan fingerprint density at radius 3 is 2.08 bits per heavy atom. The standard InChI is InChI=1S/C18H16FNO3S/c1-11(21)13-3-6-15(7-4-13)20-18(23)10-24-17-8-5-14(12(2)22)9-16(17)19/h3-9H,10H2,1-2H3,(H,20,23). The summed E-state index contributed by atoms with van der Waals surface area (Å²) in [6, 6.07) is 10.7. The van der Waals surface area contributed by atoms with Crippen molar-refractivity contribution in [2.75, 3.05) is 11.1 Å². The predicted molar refractivity (Wildman–Crippen MR) is 92.2 cm³/mol. The van der Waals surface area contributed by atoms with Crippen molar-refractivity contribution in [1.82, 2.24) is 0 Å². The van der Waals surface area contributed by atoms with Gasteiger partial charge in [0.25, 0.3) is 0 Å². The van der Waals surface area contributed by atoms with E-state index in [0.717, 1.165) is 11.8 Å². The molecule has 24 heavy (non-hydrogen) atoms. The van der Waals surface area contributed by atoms with E-state index in [0.29, 0.717) is 21.7 Å². The normalized spacial score (nSPS) is 10.3. The van der Waals surface area contributed by atoms with Crippen LogP contribution in [0.5, 0.6) is 0 Å². The molecular weight excluding hydrogens is 329 g/mol. The summed E-state index contributed by atoms with van der Waals surface area (Å²) in [5, 5.41) is 2.68. The van der Waals surface area contributed by atoms with E-state index < -0.39 is 5.82 Å². The SMILES string of the molecule is CC(=O)c1ccc(NC(=O)CSc2ccc(C(C)=O)cc2F)cc1.